The van der Waals surface area contributed by atoms with Crippen LogP contribution in [0.2, 0.25) is 0 Å². The van der Waals surface area contributed by atoms with Gasteiger partial charge in [0.2, 0.25) is 0 Å². The maximum Gasteiger partial charge on any atom is 1.00 e. The van der Waals surface area contributed by atoms with Crippen LogP contribution in [0.25, 0.3) is 0 Å². The first kappa shape index (κ1) is 26.1. The Morgan fingerprint density at radius 3 is 1.18 bits per heavy atom. The van der Waals surface area contributed by atoms with E-state index in [1.807, 2.05) is 0 Å². The predicted octanol–water partition coefficient (Wildman–Crippen LogP) is -1.14. The Kier molecular flexibility index (Phi) is 18.0. The molecule has 0 saturated carbocycles. The van der Waals surface area contributed by atoms with Crippen LogP contribution in [0, 0.1) is 0 Å². The summed E-state index contributed by atoms with van der Waals surface area (Å²) < 4.78 is 58.9. The third-order valence-corrected chi connectivity index (χ3v) is 7.38. The molecule has 2 N–H and O–H groups in total. The Balaban J connectivity index is -0.00000200. The van der Waals surface area contributed by atoms with E-state index < -0.39 is 20.2 Å². The second-order valence-corrected chi connectivity index (χ2v) is 10.9. The average molecular weight is 423 g/mol. The maximum absolute atomic E-state index is 10.5. The molecule has 0 aromatic heterocycles. The van der Waals surface area contributed by atoms with Gasteiger partial charge in [-0.3, -0.25) is 9.11 Å². The van der Waals surface area contributed by atoms with E-state index in [1.54, 1.807) is 35.3 Å². The molecule has 0 aliphatic rings. The van der Waals surface area contributed by atoms with Crippen molar-refractivity contribution in [1.29, 1.82) is 0 Å². The molecule has 0 aromatic carbocycles. The molecule has 6 nitrogen and oxygen atoms in total. The summed E-state index contributed by atoms with van der Waals surface area (Å²) >= 11 is 5.15. The summed E-state index contributed by atoms with van der Waals surface area (Å²) in [7, 11) is -7.64. The van der Waals surface area contributed by atoms with Crippen molar-refractivity contribution >= 4 is 55.5 Å². The molecular weight excluding hydrogens is 399 g/mol. The second kappa shape index (κ2) is 15.2. The van der Waals surface area contributed by atoms with E-state index in [1.165, 1.54) is 0 Å². The molecule has 0 aliphatic carbocycles. The van der Waals surface area contributed by atoms with E-state index >= 15 is 0 Å². The van der Waals surface area contributed by atoms with E-state index in [4.69, 9.17) is 9.11 Å². The number of thioether (sulfide) groups is 3. The van der Waals surface area contributed by atoms with Crippen LogP contribution in [0.3, 0.4) is 0 Å². The van der Waals surface area contributed by atoms with Gasteiger partial charge < -0.3 is 1.43 Å². The van der Waals surface area contributed by atoms with Gasteiger partial charge >= 0.3 is 29.6 Å². The summed E-state index contributed by atoms with van der Waals surface area (Å²) in [5.74, 6) is 4.98. The summed E-state index contributed by atoms with van der Waals surface area (Å²) in [6.45, 7) is 0. The van der Waals surface area contributed by atoms with Crippen molar-refractivity contribution in [3.05, 3.63) is 0 Å². The molecule has 0 amide bonds. The topological polar surface area (TPSA) is 109 Å². The quantitative estimate of drug-likeness (QED) is 0.204. The molecule has 0 fully saturated rings. The van der Waals surface area contributed by atoms with Crippen molar-refractivity contribution in [3.8, 4) is 0 Å². The summed E-state index contributed by atoms with van der Waals surface area (Å²) in [4.78, 5) is 0. The standard InChI is InChI=1S/C10H22O6S5.Na.H/c11-20(12,13)9-1-3-17-5-7-19-8-6-18-4-2-10-21(14,15)16;;/h1-10H2,(H,11,12,13)(H,14,15,16);;/q;+1;-1. The van der Waals surface area contributed by atoms with Gasteiger partial charge in [-0.1, -0.05) is 0 Å². The number of hydrogen-bond donors (Lipinski definition) is 2. The van der Waals surface area contributed by atoms with Gasteiger partial charge in [-0.25, -0.2) is 0 Å². The van der Waals surface area contributed by atoms with E-state index in [0.717, 1.165) is 34.5 Å². The maximum atomic E-state index is 10.5. The van der Waals surface area contributed by atoms with Crippen molar-refractivity contribution in [2.24, 2.45) is 0 Å². The van der Waals surface area contributed by atoms with Crippen molar-refractivity contribution < 1.29 is 56.9 Å². The summed E-state index contributed by atoms with van der Waals surface area (Å²) in [6, 6.07) is 0. The van der Waals surface area contributed by atoms with Gasteiger partial charge in [0, 0.05) is 23.0 Å². The average Bonchev–Trinajstić information content (AvgIpc) is 2.32. The molecule has 22 heavy (non-hydrogen) atoms. The zero-order chi connectivity index (χ0) is 16.2. The molecule has 0 saturated heterocycles. The second-order valence-electron chi connectivity index (χ2n) is 4.12. The molecule has 0 unspecified atom stereocenters. The fourth-order valence-corrected chi connectivity index (χ4v) is 5.81. The van der Waals surface area contributed by atoms with Gasteiger partial charge in [-0.05, 0) is 24.3 Å². The van der Waals surface area contributed by atoms with E-state index in [9.17, 15) is 16.8 Å². The van der Waals surface area contributed by atoms with Crippen LogP contribution in [0.15, 0.2) is 0 Å². The normalized spacial score (nSPS) is 12.1. The molecule has 12 heteroatoms. The van der Waals surface area contributed by atoms with Gasteiger partial charge in [0.15, 0.2) is 0 Å². The Hall–Kier alpha value is 1.87. The minimum Gasteiger partial charge on any atom is -1.00 e. The SMILES string of the molecule is O=S(=O)(O)CCCSCCSCCSCCCS(=O)(=O)O.[H-].[Na+]. The zero-order valence-electron chi connectivity index (χ0n) is 13.6. The van der Waals surface area contributed by atoms with Crippen molar-refractivity contribution in [1.82, 2.24) is 0 Å². The van der Waals surface area contributed by atoms with Crippen LogP contribution in [0.5, 0.6) is 0 Å². The van der Waals surface area contributed by atoms with E-state index in [-0.39, 0.29) is 42.5 Å². The van der Waals surface area contributed by atoms with Crippen molar-refractivity contribution in [2.75, 3.05) is 46.0 Å². The number of hydrogen-bond acceptors (Lipinski definition) is 7. The first-order chi connectivity index (χ1) is 9.71. The Bertz CT molecular complexity index is 416. The minimum atomic E-state index is -3.82. The molecule has 130 valence electrons. The Morgan fingerprint density at radius 2 is 0.909 bits per heavy atom. The summed E-state index contributed by atoms with van der Waals surface area (Å²) in [5.41, 5.74) is 0. The third kappa shape index (κ3) is 24.1. The van der Waals surface area contributed by atoms with Crippen molar-refractivity contribution in [2.45, 2.75) is 12.8 Å². The molecule has 0 bridgehead atoms. The summed E-state index contributed by atoms with van der Waals surface area (Å²) in [6.07, 6.45) is 0.940. The van der Waals surface area contributed by atoms with Crippen LogP contribution in [0.1, 0.15) is 14.3 Å². The van der Waals surface area contributed by atoms with Crippen LogP contribution in [0.4, 0.5) is 0 Å². The number of rotatable bonds is 14. The first-order valence-corrected chi connectivity index (χ1v) is 13.0. The molecule has 0 heterocycles. The molecule has 0 atom stereocenters. The van der Waals surface area contributed by atoms with Crippen LogP contribution in [-0.2, 0) is 20.2 Å². The van der Waals surface area contributed by atoms with E-state index in [2.05, 4.69) is 0 Å². The Labute approximate surface area is 170 Å². The molecular formula is C10H23NaO6S5. The fraction of sp³-hybridized carbons (Fsp3) is 1.00. The molecule has 0 radical (unpaired) electrons. The smallest absolute Gasteiger partial charge is 1.00 e. The van der Waals surface area contributed by atoms with Crippen LogP contribution >= 0.6 is 35.3 Å². The molecule has 0 aromatic rings. The van der Waals surface area contributed by atoms with E-state index in [0.29, 0.717) is 12.8 Å². The molecule has 0 rings (SSSR count). The van der Waals surface area contributed by atoms with Gasteiger partial charge in [0.1, 0.15) is 0 Å². The molecule has 0 spiro atoms. The van der Waals surface area contributed by atoms with Gasteiger partial charge in [0.25, 0.3) is 20.2 Å². The first-order valence-electron chi connectivity index (χ1n) is 6.34. The van der Waals surface area contributed by atoms with Crippen LogP contribution < -0.4 is 29.6 Å². The molecule has 0 aliphatic heterocycles. The largest absolute Gasteiger partial charge is 1.00 e. The van der Waals surface area contributed by atoms with Crippen LogP contribution in [-0.4, -0.2) is 72.0 Å². The monoisotopic (exact) mass is 422 g/mol. The van der Waals surface area contributed by atoms with Crippen molar-refractivity contribution in [3.63, 3.8) is 0 Å². The van der Waals surface area contributed by atoms with Gasteiger partial charge in [0.05, 0.1) is 11.5 Å². The summed E-state index contributed by atoms with van der Waals surface area (Å²) in [5, 5.41) is 0. The van der Waals surface area contributed by atoms with Gasteiger partial charge in [-0.15, -0.1) is 0 Å². The fourth-order valence-electron chi connectivity index (χ4n) is 1.23. The van der Waals surface area contributed by atoms with Gasteiger partial charge in [-0.2, -0.15) is 52.1 Å². The third-order valence-electron chi connectivity index (χ3n) is 2.13. The Morgan fingerprint density at radius 1 is 0.636 bits per heavy atom. The zero-order valence-corrected chi connectivity index (χ0v) is 18.7. The predicted molar refractivity (Wildman–Crippen MR) is 95.2 cm³/mol. The minimum absolute atomic E-state index is 0.